The number of pyridine rings is 1. The number of hydrogen-bond donors (Lipinski definition) is 1. The number of hydrogen-bond acceptors (Lipinski definition) is 5. The van der Waals surface area contributed by atoms with Gasteiger partial charge in [-0.25, -0.2) is 0 Å². The summed E-state index contributed by atoms with van der Waals surface area (Å²) in [6.07, 6.45) is 6.15. The zero-order chi connectivity index (χ0) is 20.4. The quantitative estimate of drug-likeness (QED) is 0.772. The number of piperidine rings is 1. The molecular weight excluding hydrogens is 370 g/mol. The number of likely N-dealkylation sites (tertiary alicyclic amines) is 2. The van der Waals surface area contributed by atoms with Crippen LogP contribution in [0.15, 0.2) is 36.5 Å². The molecule has 4 atom stereocenters. The van der Waals surface area contributed by atoms with Crippen molar-refractivity contribution < 1.29 is 19.4 Å². The lowest BCUT2D eigenvalue weighted by molar-refractivity contribution is -0.147. The molecule has 5 rings (SSSR count). The third-order valence-corrected chi connectivity index (χ3v) is 7.08. The molecule has 0 radical (unpaired) electrons. The highest BCUT2D eigenvalue weighted by atomic mass is 16.5. The number of rotatable bonds is 3. The molecule has 1 N–H and O–H groups in total. The van der Waals surface area contributed by atoms with Gasteiger partial charge in [-0.15, -0.1) is 0 Å². The Balaban J connectivity index is 1.33. The van der Waals surface area contributed by atoms with Gasteiger partial charge < -0.3 is 19.6 Å². The third-order valence-electron chi connectivity index (χ3n) is 7.08. The number of nitrogens with zero attached hydrogens (tertiary/aromatic N) is 3. The van der Waals surface area contributed by atoms with E-state index in [0.29, 0.717) is 38.2 Å². The van der Waals surface area contributed by atoms with Crippen molar-refractivity contribution in [3.63, 3.8) is 0 Å². The molecule has 0 aromatic carbocycles. The predicted octanol–water partition coefficient (Wildman–Crippen LogP) is 1.08. The molecule has 1 spiro atoms. The van der Waals surface area contributed by atoms with Crippen molar-refractivity contribution in [2.45, 2.75) is 50.0 Å². The van der Waals surface area contributed by atoms with E-state index in [-0.39, 0.29) is 24.0 Å². The average molecular weight is 397 g/mol. The molecule has 1 aromatic rings. The van der Waals surface area contributed by atoms with Crippen LogP contribution >= 0.6 is 0 Å². The fraction of sp³-hybridized carbons (Fsp3) is 0.591. The summed E-state index contributed by atoms with van der Waals surface area (Å²) in [5.41, 5.74) is -1.02. The second-order valence-electron chi connectivity index (χ2n) is 9.03. The second-order valence-corrected chi connectivity index (χ2v) is 9.03. The fourth-order valence-corrected chi connectivity index (χ4v) is 5.45. The van der Waals surface area contributed by atoms with E-state index in [1.807, 2.05) is 49.1 Å². The minimum Gasteiger partial charge on any atom is -0.383 e. The maximum Gasteiger partial charge on any atom is 0.230 e. The summed E-state index contributed by atoms with van der Waals surface area (Å²) in [4.78, 5) is 34.4. The van der Waals surface area contributed by atoms with Gasteiger partial charge in [0.2, 0.25) is 11.8 Å². The molecule has 5 heterocycles. The van der Waals surface area contributed by atoms with Crippen molar-refractivity contribution in [3.05, 3.63) is 42.2 Å². The van der Waals surface area contributed by atoms with Gasteiger partial charge in [0.25, 0.3) is 0 Å². The zero-order valence-corrected chi connectivity index (χ0v) is 16.8. The molecule has 7 heteroatoms. The van der Waals surface area contributed by atoms with Crippen LogP contribution in [0, 0.1) is 11.8 Å². The topological polar surface area (TPSA) is 83.0 Å². The molecule has 0 aliphatic carbocycles. The summed E-state index contributed by atoms with van der Waals surface area (Å²) >= 11 is 0. The highest BCUT2D eigenvalue weighted by Gasteiger charge is 2.67. The highest BCUT2D eigenvalue weighted by molar-refractivity contribution is 5.93. The van der Waals surface area contributed by atoms with Crippen LogP contribution in [-0.4, -0.2) is 69.1 Å². The Labute approximate surface area is 170 Å². The molecular formula is C22H27N3O4. The Hall–Kier alpha value is -2.25. The van der Waals surface area contributed by atoms with Crippen LogP contribution in [-0.2, 0) is 19.9 Å². The number of carbonyl (C=O) groups excluding carboxylic acids is 2. The fourth-order valence-electron chi connectivity index (χ4n) is 5.45. The van der Waals surface area contributed by atoms with Crippen LogP contribution in [0.1, 0.15) is 32.4 Å². The van der Waals surface area contributed by atoms with Crippen molar-refractivity contribution in [3.8, 4) is 0 Å². The maximum atomic E-state index is 13.4. The molecule has 154 valence electrons. The number of aliphatic hydroxyl groups is 1. The van der Waals surface area contributed by atoms with Crippen LogP contribution in [0.4, 0.5) is 0 Å². The van der Waals surface area contributed by atoms with Crippen LogP contribution in [0.25, 0.3) is 0 Å². The van der Waals surface area contributed by atoms with Gasteiger partial charge in [0.05, 0.1) is 30.2 Å². The Morgan fingerprint density at radius 2 is 2.07 bits per heavy atom. The van der Waals surface area contributed by atoms with Gasteiger partial charge >= 0.3 is 0 Å². The predicted molar refractivity (Wildman–Crippen MR) is 105 cm³/mol. The summed E-state index contributed by atoms with van der Waals surface area (Å²) < 4.78 is 6.19. The zero-order valence-electron chi connectivity index (χ0n) is 16.8. The Kier molecular flexibility index (Phi) is 4.12. The van der Waals surface area contributed by atoms with Crippen LogP contribution in [0.5, 0.6) is 0 Å². The smallest absolute Gasteiger partial charge is 0.230 e. The van der Waals surface area contributed by atoms with Crippen molar-refractivity contribution in [1.29, 1.82) is 0 Å². The maximum absolute atomic E-state index is 13.4. The third kappa shape index (κ3) is 2.67. The van der Waals surface area contributed by atoms with Gasteiger partial charge in [-0.1, -0.05) is 18.2 Å². The van der Waals surface area contributed by atoms with E-state index in [1.165, 1.54) is 0 Å². The van der Waals surface area contributed by atoms with Gasteiger partial charge in [0, 0.05) is 25.3 Å². The minimum absolute atomic E-state index is 0.0206. The van der Waals surface area contributed by atoms with E-state index in [9.17, 15) is 14.7 Å². The molecule has 4 aliphatic heterocycles. The first kappa shape index (κ1) is 18.8. The second kappa shape index (κ2) is 6.37. The Bertz CT molecular complexity index is 862. The molecule has 29 heavy (non-hydrogen) atoms. The van der Waals surface area contributed by atoms with E-state index in [1.54, 1.807) is 11.1 Å². The normalized spacial score (nSPS) is 34.9. The van der Waals surface area contributed by atoms with Crippen molar-refractivity contribution in [2.75, 3.05) is 19.6 Å². The van der Waals surface area contributed by atoms with Gasteiger partial charge in [-0.3, -0.25) is 14.6 Å². The van der Waals surface area contributed by atoms with E-state index >= 15 is 0 Å². The van der Waals surface area contributed by atoms with Crippen molar-refractivity contribution >= 4 is 11.8 Å². The van der Waals surface area contributed by atoms with Crippen molar-refractivity contribution in [1.82, 2.24) is 14.8 Å². The first-order chi connectivity index (χ1) is 13.8. The number of carbonyl (C=O) groups is 2. The molecule has 0 saturated carbocycles. The summed E-state index contributed by atoms with van der Waals surface area (Å²) in [7, 11) is 0. The Morgan fingerprint density at radius 1 is 1.31 bits per heavy atom. The largest absolute Gasteiger partial charge is 0.383 e. The van der Waals surface area contributed by atoms with Gasteiger partial charge in [-0.2, -0.15) is 0 Å². The first-order valence-corrected chi connectivity index (χ1v) is 10.4. The molecule has 4 aliphatic rings. The summed E-state index contributed by atoms with van der Waals surface area (Å²) in [6, 6.07) is 5.59. The lowest BCUT2D eigenvalue weighted by Gasteiger charge is -2.39. The van der Waals surface area contributed by atoms with Gasteiger partial charge in [0.15, 0.2) is 0 Å². The monoisotopic (exact) mass is 397 g/mol. The van der Waals surface area contributed by atoms with Crippen LogP contribution in [0.3, 0.4) is 0 Å². The molecule has 1 aromatic heterocycles. The average Bonchev–Trinajstić information content (AvgIpc) is 3.37. The lowest BCUT2D eigenvalue weighted by atomic mass is 9.76. The summed E-state index contributed by atoms with van der Waals surface area (Å²) in [5.74, 6) is -0.929. The van der Waals surface area contributed by atoms with E-state index in [4.69, 9.17) is 4.74 Å². The number of fused-ring (bicyclic) bond motifs is 1. The van der Waals surface area contributed by atoms with Gasteiger partial charge in [-0.05, 0) is 38.8 Å². The minimum atomic E-state index is -1.01. The number of amides is 2. The van der Waals surface area contributed by atoms with Gasteiger partial charge in [0.1, 0.15) is 11.2 Å². The summed E-state index contributed by atoms with van der Waals surface area (Å²) in [5, 5.41) is 11.0. The molecule has 3 saturated heterocycles. The molecule has 7 nitrogen and oxygen atoms in total. The number of aromatic nitrogens is 1. The highest BCUT2D eigenvalue weighted by Crippen LogP contribution is 2.53. The van der Waals surface area contributed by atoms with Crippen LogP contribution in [0.2, 0.25) is 0 Å². The first-order valence-electron chi connectivity index (χ1n) is 10.4. The summed E-state index contributed by atoms with van der Waals surface area (Å²) in [6.45, 7) is 5.39. The number of ether oxygens (including phenoxy) is 1. The molecule has 0 unspecified atom stereocenters. The van der Waals surface area contributed by atoms with E-state index in [0.717, 1.165) is 0 Å². The van der Waals surface area contributed by atoms with Crippen LogP contribution < -0.4 is 0 Å². The molecule has 3 fully saturated rings. The van der Waals surface area contributed by atoms with Crippen molar-refractivity contribution in [2.24, 2.45) is 11.8 Å². The Morgan fingerprint density at radius 3 is 2.72 bits per heavy atom. The van der Waals surface area contributed by atoms with E-state index < -0.39 is 23.0 Å². The molecule has 2 bridgehead atoms. The molecule has 2 amide bonds. The standard InChI is InChI=1S/C22H27N3O4/c1-14(2)25-13-22-7-6-15(29-22)17(18(22)20(25)27)19(26)24-11-8-21(28,9-12-24)16-5-3-4-10-23-16/h3-7,10,14-15,17-18,28H,8-9,11-13H2,1-2H3/t15-,17+,18+,22-/m1/s1. The van der Waals surface area contributed by atoms with E-state index in [2.05, 4.69) is 4.98 Å². The lowest BCUT2D eigenvalue weighted by Crippen LogP contribution is -2.51. The SMILES string of the molecule is CC(C)N1C[C@@]23C=C[C@@H](O2)[C@H](C(=O)N2CCC(O)(c4ccccn4)CC2)[C@H]3C1=O.